The van der Waals surface area contributed by atoms with Crippen LogP contribution in [0.2, 0.25) is 0 Å². The van der Waals surface area contributed by atoms with Gasteiger partial charge in [0, 0.05) is 13.2 Å². The fourth-order valence-corrected chi connectivity index (χ4v) is 1.88. The first-order valence-electron chi connectivity index (χ1n) is 5.43. The maximum atomic E-state index is 5.83. The lowest BCUT2D eigenvalue weighted by molar-refractivity contribution is 0.178. The first-order valence-corrected chi connectivity index (χ1v) is 5.96. The minimum atomic E-state index is 0.308. The third kappa shape index (κ3) is 2.47. The van der Waals surface area contributed by atoms with Gasteiger partial charge in [-0.25, -0.2) is 4.68 Å². The molecule has 1 heterocycles. The second-order valence-electron chi connectivity index (χ2n) is 3.66. The minimum absolute atomic E-state index is 0.308. The van der Waals surface area contributed by atoms with Crippen molar-refractivity contribution in [3.63, 3.8) is 0 Å². The molecule has 96 valence electrons. The number of alkyl halides is 1. The van der Waals surface area contributed by atoms with Gasteiger partial charge in [0.15, 0.2) is 0 Å². The Morgan fingerprint density at radius 1 is 1.33 bits per heavy atom. The Balaban J connectivity index is 2.45. The van der Waals surface area contributed by atoms with Crippen LogP contribution in [0.5, 0.6) is 5.75 Å². The van der Waals surface area contributed by atoms with Crippen LogP contribution in [0.25, 0.3) is 5.69 Å². The monoisotopic (exact) mass is 267 g/mol. The molecule has 0 radical (unpaired) electrons. The maximum Gasteiger partial charge on any atom is 0.121 e. The van der Waals surface area contributed by atoms with Crippen LogP contribution in [0, 0.1) is 0 Å². The van der Waals surface area contributed by atoms with E-state index in [1.807, 2.05) is 24.3 Å². The van der Waals surface area contributed by atoms with Crippen LogP contribution >= 0.6 is 11.6 Å². The summed E-state index contributed by atoms with van der Waals surface area (Å²) in [6, 6.07) is 7.58. The summed E-state index contributed by atoms with van der Waals surface area (Å²) >= 11 is 5.83. The van der Waals surface area contributed by atoms with E-state index in [4.69, 9.17) is 21.1 Å². The Morgan fingerprint density at radius 2 is 2.17 bits per heavy atom. The van der Waals surface area contributed by atoms with E-state index in [2.05, 4.69) is 10.3 Å². The summed E-state index contributed by atoms with van der Waals surface area (Å²) in [6.07, 6.45) is 0. The highest BCUT2D eigenvalue weighted by Crippen LogP contribution is 2.19. The Labute approximate surface area is 110 Å². The Bertz CT molecular complexity index is 528. The lowest BCUT2D eigenvalue weighted by Crippen LogP contribution is -2.04. The standard InChI is InChI=1S/C12H14ClN3O2/c1-17-8-12-11(7-13)14-15-16(12)9-4-3-5-10(6-9)18-2/h3-6H,7-8H2,1-2H3. The van der Waals surface area contributed by atoms with Crippen molar-refractivity contribution in [2.24, 2.45) is 0 Å². The number of ether oxygens (including phenoxy) is 2. The summed E-state index contributed by atoms with van der Waals surface area (Å²) in [7, 11) is 3.25. The van der Waals surface area contributed by atoms with Crippen molar-refractivity contribution in [1.29, 1.82) is 0 Å². The molecular weight excluding hydrogens is 254 g/mol. The van der Waals surface area contributed by atoms with E-state index >= 15 is 0 Å². The molecule has 0 aliphatic heterocycles. The zero-order chi connectivity index (χ0) is 13.0. The van der Waals surface area contributed by atoms with Crippen LogP contribution in [-0.2, 0) is 17.2 Å². The fourth-order valence-electron chi connectivity index (χ4n) is 1.67. The molecule has 2 rings (SSSR count). The first-order chi connectivity index (χ1) is 8.80. The van der Waals surface area contributed by atoms with Crippen LogP contribution in [0.1, 0.15) is 11.4 Å². The number of halogens is 1. The quantitative estimate of drug-likeness (QED) is 0.779. The Kier molecular flexibility index (Phi) is 4.17. The van der Waals surface area contributed by atoms with E-state index in [0.29, 0.717) is 12.5 Å². The predicted octanol–water partition coefficient (Wildman–Crippen LogP) is 2.16. The predicted molar refractivity (Wildman–Crippen MR) is 68.2 cm³/mol. The molecule has 0 unspecified atom stereocenters. The topological polar surface area (TPSA) is 49.2 Å². The molecule has 0 aliphatic rings. The van der Waals surface area contributed by atoms with Gasteiger partial charge >= 0.3 is 0 Å². The van der Waals surface area contributed by atoms with Gasteiger partial charge in [0.2, 0.25) is 0 Å². The molecule has 0 atom stereocenters. The summed E-state index contributed by atoms with van der Waals surface area (Å²) in [5.41, 5.74) is 2.44. The summed E-state index contributed by atoms with van der Waals surface area (Å²) in [4.78, 5) is 0. The van der Waals surface area contributed by atoms with Crippen molar-refractivity contribution >= 4 is 11.6 Å². The molecule has 0 saturated carbocycles. The highest BCUT2D eigenvalue weighted by molar-refractivity contribution is 6.16. The summed E-state index contributed by atoms with van der Waals surface area (Å²) < 4.78 is 12.1. The van der Waals surface area contributed by atoms with E-state index in [1.165, 1.54) is 0 Å². The van der Waals surface area contributed by atoms with Gasteiger partial charge in [-0.05, 0) is 12.1 Å². The third-order valence-electron chi connectivity index (χ3n) is 2.55. The molecule has 0 bridgehead atoms. The highest BCUT2D eigenvalue weighted by atomic mass is 35.5. The first kappa shape index (κ1) is 12.9. The molecule has 1 aromatic heterocycles. The lowest BCUT2D eigenvalue weighted by Gasteiger charge is -2.08. The molecule has 0 saturated heterocycles. The number of hydrogen-bond donors (Lipinski definition) is 0. The zero-order valence-electron chi connectivity index (χ0n) is 10.3. The fraction of sp³-hybridized carbons (Fsp3) is 0.333. The van der Waals surface area contributed by atoms with Crippen molar-refractivity contribution in [2.45, 2.75) is 12.5 Å². The van der Waals surface area contributed by atoms with Crippen LogP contribution in [-0.4, -0.2) is 29.2 Å². The van der Waals surface area contributed by atoms with Crippen LogP contribution in [0.3, 0.4) is 0 Å². The van der Waals surface area contributed by atoms with Gasteiger partial charge in [-0.2, -0.15) is 0 Å². The van der Waals surface area contributed by atoms with Crippen molar-refractivity contribution in [1.82, 2.24) is 15.0 Å². The smallest absolute Gasteiger partial charge is 0.121 e. The normalized spacial score (nSPS) is 10.6. The van der Waals surface area contributed by atoms with E-state index in [0.717, 1.165) is 22.8 Å². The van der Waals surface area contributed by atoms with Gasteiger partial charge in [-0.15, -0.1) is 16.7 Å². The van der Waals surface area contributed by atoms with Crippen molar-refractivity contribution in [2.75, 3.05) is 14.2 Å². The van der Waals surface area contributed by atoms with Crippen LogP contribution < -0.4 is 4.74 Å². The summed E-state index contributed by atoms with van der Waals surface area (Å²) in [5.74, 6) is 1.07. The second kappa shape index (κ2) is 5.84. The molecule has 1 aromatic carbocycles. The number of hydrogen-bond acceptors (Lipinski definition) is 4. The van der Waals surface area contributed by atoms with E-state index in [1.54, 1.807) is 18.9 Å². The van der Waals surface area contributed by atoms with Gasteiger partial charge in [0.05, 0.1) is 31.0 Å². The molecule has 0 amide bonds. The van der Waals surface area contributed by atoms with Gasteiger partial charge in [0.25, 0.3) is 0 Å². The number of methoxy groups -OCH3 is 2. The number of rotatable bonds is 5. The van der Waals surface area contributed by atoms with Gasteiger partial charge in [0.1, 0.15) is 11.4 Å². The molecule has 0 N–H and O–H groups in total. The molecule has 5 nitrogen and oxygen atoms in total. The largest absolute Gasteiger partial charge is 0.497 e. The molecule has 6 heteroatoms. The van der Waals surface area contributed by atoms with Gasteiger partial charge in [-0.1, -0.05) is 11.3 Å². The van der Waals surface area contributed by atoms with Gasteiger partial charge in [-0.3, -0.25) is 0 Å². The summed E-state index contributed by atoms with van der Waals surface area (Å²) in [5, 5.41) is 8.14. The average molecular weight is 268 g/mol. The van der Waals surface area contributed by atoms with E-state index in [9.17, 15) is 0 Å². The Hall–Kier alpha value is -1.59. The summed E-state index contributed by atoms with van der Waals surface area (Å²) in [6.45, 7) is 0.409. The molecule has 18 heavy (non-hydrogen) atoms. The van der Waals surface area contributed by atoms with Gasteiger partial charge < -0.3 is 9.47 Å². The van der Waals surface area contributed by atoms with Crippen LogP contribution in [0.15, 0.2) is 24.3 Å². The molecule has 0 fully saturated rings. The van der Waals surface area contributed by atoms with E-state index < -0.39 is 0 Å². The number of aromatic nitrogens is 3. The third-order valence-corrected chi connectivity index (χ3v) is 2.80. The molecular formula is C12H14ClN3O2. The number of nitrogens with zero attached hydrogens (tertiary/aromatic N) is 3. The minimum Gasteiger partial charge on any atom is -0.497 e. The molecule has 2 aromatic rings. The second-order valence-corrected chi connectivity index (χ2v) is 3.93. The van der Waals surface area contributed by atoms with Crippen molar-refractivity contribution < 1.29 is 9.47 Å². The SMILES string of the molecule is COCc1c(CCl)nnn1-c1cccc(OC)c1. The molecule has 0 spiro atoms. The van der Waals surface area contributed by atoms with Crippen molar-refractivity contribution in [3.8, 4) is 11.4 Å². The Morgan fingerprint density at radius 3 is 2.83 bits per heavy atom. The van der Waals surface area contributed by atoms with Crippen LogP contribution in [0.4, 0.5) is 0 Å². The van der Waals surface area contributed by atoms with Crippen molar-refractivity contribution in [3.05, 3.63) is 35.7 Å². The maximum absolute atomic E-state index is 5.83. The molecule has 0 aliphatic carbocycles. The van der Waals surface area contributed by atoms with E-state index in [-0.39, 0.29) is 0 Å². The zero-order valence-corrected chi connectivity index (χ0v) is 11.0. The number of benzene rings is 1. The highest BCUT2D eigenvalue weighted by Gasteiger charge is 2.13. The average Bonchev–Trinajstić information content (AvgIpc) is 2.82. The lowest BCUT2D eigenvalue weighted by atomic mass is 10.3.